The molecule has 0 spiro atoms. The molecule has 1 aliphatic heterocycles. The quantitative estimate of drug-likeness (QED) is 0.852. The molecule has 1 N–H and O–H groups in total. The van der Waals surface area contributed by atoms with Gasteiger partial charge < -0.3 is 5.32 Å². The first-order valence-electron chi connectivity index (χ1n) is 7.07. The standard InChI is InChI=1S/C17H19NO2/c1-17(2)9-13-16(14(19)10-17)12(8-15(20)18-13)11-6-4-3-5-7-11/h3-7,12H,8-10H2,1-2H3,(H,18,20). The minimum absolute atomic E-state index is 0.0168. The number of ketones is 1. The van der Waals surface area contributed by atoms with E-state index in [-0.39, 0.29) is 23.0 Å². The summed E-state index contributed by atoms with van der Waals surface area (Å²) in [6.07, 6.45) is 1.70. The number of benzene rings is 1. The van der Waals surface area contributed by atoms with E-state index in [2.05, 4.69) is 19.2 Å². The van der Waals surface area contributed by atoms with E-state index in [4.69, 9.17) is 0 Å². The van der Waals surface area contributed by atoms with E-state index in [0.717, 1.165) is 23.3 Å². The first-order chi connectivity index (χ1) is 9.46. The molecular weight excluding hydrogens is 250 g/mol. The molecule has 1 aromatic rings. The zero-order valence-corrected chi connectivity index (χ0v) is 11.9. The Bertz CT molecular complexity index is 599. The lowest BCUT2D eigenvalue weighted by atomic mass is 9.70. The van der Waals surface area contributed by atoms with Crippen molar-refractivity contribution in [3.63, 3.8) is 0 Å². The van der Waals surface area contributed by atoms with Crippen molar-refractivity contribution in [2.45, 2.75) is 39.0 Å². The Morgan fingerprint density at radius 3 is 2.50 bits per heavy atom. The van der Waals surface area contributed by atoms with Gasteiger partial charge in [0.05, 0.1) is 0 Å². The molecule has 20 heavy (non-hydrogen) atoms. The summed E-state index contributed by atoms with van der Waals surface area (Å²) >= 11 is 0. The highest BCUT2D eigenvalue weighted by atomic mass is 16.2. The van der Waals surface area contributed by atoms with Gasteiger partial charge in [-0.25, -0.2) is 0 Å². The van der Waals surface area contributed by atoms with Crippen molar-refractivity contribution in [2.24, 2.45) is 5.41 Å². The zero-order valence-electron chi connectivity index (χ0n) is 11.9. The van der Waals surface area contributed by atoms with Gasteiger partial charge in [-0.15, -0.1) is 0 Å². The minimum Gasteiger partial charge on any atom is -0.329 e. The molecule has 0 bridgehead atoms. The first-order valence-corrected chi connectivity index (χ1v) is 7.07. The summed E-state index contributed by atoms with van der Waals surface area (Å²) in [6, 6.07) is 9.87. The summed E-state index contributed by atoms with van der Waals surface area (Å²) < 4.78 is 0. The van der Waals surface area contributed by atoms with Crippen LogP contribution in [0.5, 0.6) is 0 Å². The molecule has 1 aliphatic carbocycles. The van der Waals surface area contributed by atoms with Gasteiger partial charge in [0.2, 0.25) is 5.91 Å². The fraction of sp³-hybridized carbons (Fsp3) is 0.412. The maximum atomic E-state index is 12.5. The molecule has 1 heterocycles. The Hall–Kier alpha value is -1.90. The second-order valence-corrected chi connectivity index (χ2v) is 6.55. The number of amides is 1. The van der Waals surface area contributed by atoms with Crippen molar-refractivity contribution in [2.75, 3.05) is 0 Å². The van der Waals surface area contributed by atoms with Crippen molar-refractivity contribution in [3.8, 4) is 0 Å². The highest BCUT2D eigenvalue weighted by Gasteiger charge is 2.40. The van der Waals surface area contributed by atoms with Crippen LogP contribution in [0.25, 0.3) is 0 Å². The fourth-order valence-electron chi connectivity index (χ4n) is 3.33. The zero-order chi connectivity index (χ0) is 14.3. The van der Waals surface area contributed by atoms with Crippen molar-refractivity contribution < 1.29 is 9.59 Å². The number of Topliss-reactive ketones (excluding diaryl/α,β-unsaturated/α-hetero) is 1. The van der Waals surface area contributed by atoms with E-state index in [1.54, 1.807) is 0 Å². The smallest absolute Gasteiger partial charge is 0.225 e. The Morgan fingerprint density at radius 2 is 1.80 bits per heavy atom. The van der Waals surface area contributed by atoms with Crippen molar-refractivity contribution in [1.29, 1.82) is 0 Å². The molecule has 1 unspecified atom stereocenters. The summed E-state index contributed by atoms with van der Waals surface area (Å²) in [6.45, 7) is 4.15. The van der Waals surface area contributed by atoms with Gasteiger partial charge in [-0.3, -0.25) is 9.59 Å². The second-order valence-electron chi connectivity index (χ2n) is 6.55. The average molecular weight is 269 g/mol. The highest BCUT2D eigenvalue weighted by Crippen LogP contribution is 2.43. The fourth-order valence-corrected chi connectivity index (χ4v) is 3.33. The van der Waals surface area contributed by atoms with Crippen LogP contribution in [0.1, 0.15) is 44.6 Å². The van der Waals surface area contributed by atoms with Crippen molar-refractivity contribution in [3.05, 3.63) is 47.2 Å². The molecule has 1 atom stereocenters. The van der Waals surface area contributed by atoms with E-state index >= 15 is 0 Å². The van der Waals surface area contributed by atoms with Gasteiger partial charge in [0, 0.05) is 30.0 Å². The van der Waals surface area contributed by atoms with Crippen LogP contribution in [0.3, 0.4) is 0 Å². The van der Waals surface area contributed by atoms with Gasteiger partial charge in [-0.2, -0.15) is 0 Å². The summed E-state index contributed by atoms with van der Waals surface area (Å²) in [5.74, 6) is 0.122. The minimum atomic E-state index is -0.0800. The summed E-state index contributed by atoms with van der Waals surface area (Å²) in [7, 11) is 0. The predicted octanol–water partition coefficient (Wildman–Crippen LogP) is 2.93. The topological polar surface area (TPSA) is 46.2 Å². The van der Waals surface area contributed by atoms with Crippen molar-refractivity contribution in [1.82, 2.24) is 5.32 Å². The van der Waals surface area contributed by atoms with Crippen LogP contribution in [-0.4, -0.2) is 11.7 Å². The molecule has 104 valence electrons. The van der Waals surface area contributed by atoms with Crippen LogP contribution >= 0.6 is 0 Å². The Kier molecular flexibility index (Phi) is 3.00. The molecule has 2 aliphatic rings. The Balaban J connectivity index is 2.07. The highest BCUT2D eigenvalue weighted by molar-refractivity contribution is 6.02. The molecule has 1 amide bonds. The SMILES string of the molecule is CC1(C)CC(=O)C2=C(C1)NC(=O)CC2c1ccccc1. The number of hydrogen-bond acceptors (Lipinski definition) is 2. The lowest BCUT2D eigenvalue weighted by Crippen LogP contribution is -2.40. The maximum absolute atomic E-state index is 12.5. The van der Waals surface area contributed by atoms with Crippen LogP contribution in [0.15, 0.2) is 41.6 Å². The molecule has 0 radical (unpaired) electrons. The lowest BCUT2D eigenvalue weighted by molar-refractivity contribution is -0.122. The Morgan fingerprint density at radius 1 is 1.10 bits per heavy atom. The second kappa shape index (κ2) is 4.58. The first kappa shape index (κ1) is 13.1. The molecule has 0 aromatic heterocycles. The number of allylic oxidation sites excluding steroid dienone is 2. The van der Waals surface area contributed by atoms with Crippen LogP contribution in [0, 0.1) is 5.41 Å². The third-order valence-corrected chi connectivity index (χ3v) is 4.15. The molecule has 0 fully saturated rings. The number of carbonyl (C=O) groups is 2. The lowest BCUT2D eigenvalue weighted by Gasteiger charge is -2.37. The number of carbonyl (C=O) groups excluding carboxylic acids is 2. The largest absolute Gasteiger partial charge is 0.329 e. The van der Waals surface area contributed by atoms with E-state index in [9.17, 15) is 9.59 Å². The van der Waals surface area contributed by atoms with Gasteiger partial charge in [0.15, 0.2) is 5.78 Å². The number of hydrogen-bond donors (Lipinski definition) is 1. The van der Waals surface area contributed by atoms with Crippen LogP contribution in [0.4, 0.5) is 0 Å². The molecule has 1 aromatic carbocycles. The summed E-state index contributed by atoms with van der Waals surface area (Å²) in [5, 5.41) is 2.92. The molecule has 0 saturated carbocycles. The van der Waals surface area contributed by atoms with Crippen LogP contribution in [-0.2, 0) is 9.59 Å². The van der Waals surface area contributed by atoms with Gasteiger partial charge in [0.25, 0.3) is 0 Å². The van der Waals surface area contributed by atoms with E-state index in [0.29, 0.717) is 12.8 Å². The van der Waals surface area contributed by atoms with Gasteiger partial charge in [0.1, 0.15) is 0 Å². The summed E-state index contributed by atoms with van der Waals surface area (Å²) in [4.78, 5) is 24.5. The molecule has 3 heteroatoms. The van der Waals surface area contributed by atoms with Crippen molar-refractivity contribution >= 4 is 11.7 Å². The molecule has 3 rings (SSSR count). The average Bonchev–Trinajstić information content (AvgIpc) is 2.36. The van der Waals surface area contributed by atoms with Crippen LogP contribution < -0.4 is 5.32 Å². The third kappa shape index (κ3) is 2.28. The monoisotopic (exact) mass is 269 g/mol. The van der Waals surface area contributed by atoms with Gasteiger partial charge in [-0.1, -0.05) is 44.2 Å². The number of rotatable bonds is 1. The van der Waals surface area contributed by atoms with Gasteiger partial charge in [-0.05, 0) is 17.4 Å². The maximum Gasteiger partial charge on any atom is 0.225 e. The van der Waals surface area contributed by atoms with E-state index < -0.39 is 0 Å². The molecule has 0 saturated heterocycles. The Labute approximate surface area is 119 Å². The van der Waals surface area contributed by atoms with Gasteiger partial charge >= 0.3 is 0 Å². The number of nitrogens with one attached hydrogen (secondary N) is 1. The summed E-state index contributed by atoms with van der Waals surface area (Å²) in [5.41, 5.74) is 2.66. The van der Waals surface area contributed by atoms with Crippen LogP contribution in [0.2, 0.25) is 0 Å². The third-order valence-electron chi connectivity index (χ3n) is 4.15. The van der Waals surface area contributed by atoms with E-state index in [1.807, 2.05) is 30.3 Å². The predicted molar refractivity (Wildman–Crippen MR) is 77.0 cm³/mol. The molecular formula is C17H19NO2. The molecule has 3 nitrogen and oxygen atoms in total. The van der Waals surface area contributed by atoms with E-state index in [1.165, 1.54) is 0 Å². The normalized spacial score (nSPS) is 25.2.